The zero-order chi connectivity index (χ0) is 7.84. The van der Waals surface area contributed by atoms with Gasteiger partial charge in [-0.3, -0.25) is 0 Å². The van der Waals surface area contributed by atoms with Crippen LogP contribution in [0.5, 0.6) is 0 Å². The Hall–Kier alpha value is -1.16. The van der Waals surface area contributed by atoms with Gasteiger partial charge in [0.2, 0.25) is 0 Å². The highest BCUT2D eigenvalue weighted by molar-refractivity contribution is 6.35. The first kappa shape index (κ1) is 6.54. The zero-order valence-corrected chi connectivity index (χ0v) is 6.06. The third-order valence-corrected chi connectivity index (χ3v) is 1.74. The zero-order valence-electron chi connectivity index (χ0n) is 5.31. The summed E-state index contributed by atoms with van der Waals surface area (Å²) in [6.45, 7) is 0. The fraction of sp³-hybridized carbons (Fsp3) is 0. The lowest BCUT2D eigenvalue weighted by Gasteiger charge is -1.90. The Morgan fingerprint density at radius 2 is 2.18 bits per heavy atom. The molecule has 2 rings (SSSR count). The Bertz CT molecular complexity index is 398. The van der Waals surface area contributed by atoms with Crippen LogP contribution in [0.15, 0.2) is 12.1 Å². The monoisotopic (exact) mass is 171 g/mol. The minimum absolute atomic E-state index is 0.0104. The lowest BCUT2D eigenvalue weighted by molar-refractivity contribution is 0.630. The van der Waals surface area contributed by atoms with Crippen molar-refractivity contribution in [2.24, 2.45) is 0 Å². The van der Waals surface area contributed by atoms with E-state index >= 15 is 0 Å². The molecule has 3 nitrogen and oxygen atoms in total. The third kappa shape index (κ3) is 0.867. The fourth-order valence-corrected chi connectivity index (χ4v) is 1.06. The topological polar surface area (TPSA) is 41.6 Å². The second-order valence-corrected chi connectivity index (χ2v) is 2.43. The SMILES string of the molecule is Fc1ccc2n[nH]nc2c1Cl. The number of benzene rings is 1. The number of halogens is 2. The average molecular weight is 172 g/mol. The summed E-state index contributed by atoms with van der Waals surface area (Å²) in [6.07, 6.45) is 0. The molecule has 1 N–H and O–H groups in total. The summed E-state index contributed by atoms with van der Waals surface area (Å²) in [5.74, 6) is -0.479. The molecule has 0 saturated heterocycles. The predicted octanol–water partition coefficient (Wildman–Crippen LogP) is 1.75. The first-order valence-electron chi connectivity index (χ1n) is 2.93. The van der Waals surface area contributed by atoms with Crippen LogP contribution in [0.25, 0.3) is 11.0 Å². The number of aromatic amines is 1. The van der Waals surface area contributed by atoms with Gasteiger partial charge in [0.15, 0.2) is 0 Å². The molecule has 0 aliphatic carbocycles. The number of rotatable bonds is 0. The van der Waals surface area contributed by atoms with E-state index in [2.05, 4.69) is 15.4 Å². The molecule has 11 heavy (non-hydrogen) atoms. The molecule has 0 fully saturated rings. The number of hydrogen-bond acceptors (Lipinski definition) is 2. The molecule has 2 aromatic rings. The van der Waals surface area contributed by atoms with Crippen molar-refractivity contribution in [3.63, 3.8) is 0 Å². The molecule has 0 radical (unpaired) electrons. The molecular weight excluding hydrogens is 169 g/mol. The summed E-state index contributed by atoms with van der Waals surface area (Å²) >= 11 is 5.57. The highest BCUT2D eigenvalue weighted by Gasteiger charge is 2.06. The summed E-state index contributed by atoms with van der Waals surface area (Å²) in [5.41, 5.74) is 0.933. The Morgan fingerprint density at radius 3 is 3.00 bits per heavy atom. The highest BCUT2D eigenvalue weighted by Crippen LogP contribution is 2.22. The van der Waals surface area contributed by atoms with Crippen LogP contribution in [0.4, 0.5) is 4.39 Å². The average Bonchev–Trinajstić information content (AvgIpc) is 2.45. The van der Waals surface area contributed by atoms with E-state index in [1.165, 1.54) is 12.1 Å². The minimum atomic E-state index is -0.479. The van der Waals surface area contributed by atoms with Crippen molar-refractivity contribution in [2.45, 2.75) is 0 Å². The van der Waals surface area contributed by atoms with Gasteiger partial charge in [0, 0.05) is 0 Å². The smallest absolute Gasteiger partial charge is 0.144 e. The Labute approximate surface area is 66.2 Å². The van der Waals surface area contributed by atoms with Gasteiger partial charge in [-0.25, -0.2) is 4.39 Å². The number of aromatic nitrogens is 3. The van der Waals surface area contributed by atoms with Gasteiger partial charge in [-0.2, -0.15) is 15.4 Å². The van der Waals surface area contributed by atoms with E-state index in [-0.39, 0.29) is 5.02 Å². The molecule has 0 bridgehead atoms. The summed E-state index contributed by atoms with van der Waals surface area (Å²) < 4.78 is 12.7. The van der Waals surface area contributed by atoms with Crippen molar-refractivity contribution < 1.29 is 4.39 Å². The largest absolute Gasteiger partial charge is 0.205 e. The maximum absolute atomic E-state index is 12.7. The van der Waals surface area contributed by atoms with Crippen LogP contribution in [-0.2, 0) is 0 Å². The maximum atomic E-state index is 12.7. The number of fused-ring (bicyclic) bond motifs is 1. The van der Waals surface area contributed by atoms with E-state index in [0.717, 1.165) is 0 Å². The molecule has 56 valence electrons. The van der Waals surface area contributed by atoms with Crippen LogP contribution in [0.2, 0.25) is 5.02 Å². The lowest BCUT2D eigenvalue weighted by Crippen LogP contribution is -1.77. The molecule has 1 heterocycles. The molecule has 0 unspecified atom stereocenters. The van der Waals surface area contributed by atoms with Crippen molar-refractivity contribution >= 4 is 22.6 Å². The van der Waals surface area contributed by atoms with E-state index < -0.39 is 5.82 Å². The molecule has 0 atom stereocenters. The van der Waals surface area contributed by atoms with Crippen LogP contribution in [0.3, 0.4) is 0 Å². The molecule has 0 spiro atoms. The van der Waals surface area contributed by atoms with Crippen LogP contribution in [-0.4, -0.2) is 15.4 Å². The van der Waals surface area contributed by atoms with Crippen LogP contribution in [0, 0.1) is 5.82 Å². The number of nitrogens with one attached hydrogen (secondary N) is 1. The molecule has 0 saturated carbocycles. The number of nitrogens with zero attached hydrogens (tertiary/aromatic N) is 2. The molecule has 0 aliphatic rings. The molecule has 0 amide bonds. The van der Waals surface area contributed by atoms with Gasteiger partial charge in [0.1, 0.15) is 21.9 Å². The predicted molar refractivity (Wildman–Crippen MR) is 38.9 cm³/mol. The van der Waals surface area contributed by atoms with Gasteiger partial charge in [0.05, 0.1) is 0 Å². The Kier molecular flexibility index (Phi) is 1.29. The van der Waals surface area contributed by atoms with Gasteiger partial charge >= 0.3 is 0 Å². The normalized spacial score (nSPS) is 10.7. The summed E-state index contributed by atoms with van der Waals surface area (Å²) in [5, 5.41) is 9.77. The lowest BCUT2D eigenvalue weighted by atomic mass is 10.3. The standard InChI is InChI=1S/C6H3ClFN3/c7-5-3(8)1-2-4-6(5)10-11-9-4/h1-2H,(H,9,10,11). The third-order valence-electron chi connectivity index (χ3n) is 1.38. The van der Waals surface area contributed by atoms with Crippen molar-refractivity contribution in [2.75, 3.05) is 0 Å². The Balaban J connectivity index is 2.93. The van der Waals surface area contributed by atoms with Gasteiger partial charge in [0.25, 0.3) is 0 Å². The van der Waals surface area contributed by atoms with E-state index in [1.54, 1.807) is 0 Å². The van der Waals surface area contributed by atoms with Crippen molar-refractivity contribution in [3.8, 4) is 0 Å². The minimum Gasteiger partial charge on any atom is -0.205 e. The molecular formula is C6H3ClFN3. The number of hydrogen-bond donors (Lipinski definition) is 1. The highest BCUT2D eigenvalue weighted by atomic mass is 35.5. The van der Waals surface area contributed by atoms with Crippen LogP contribution < -0.4 is 0 Å². The van der Waals surface area contributed by atoms with E-state index in [1.807, 2.05) is 0 Å². The van der Waals surface area contributed by atoms with Gasteiger partial charge in [-0.15, -0.1) is 0 Å². The quantitative estimate of drug-likeness (QED) is 0.656. The van der Waals surface area contributed by atoms with Crippen LogP contribution >= 0.6 is 11.6 Å². The second kappa shape index (κ2) is 2.17. The van der Waals surface area contributed by atoms with Crippen LogP contribution in [0.1, 0.15) is 0 Å². The van der Waals surface area contributed by atoms with Crippen molar-refractivity contribution in [3.05, 3.63) is 23.0 Å². The van der Waals surface area contributed by atoms with Gasteiger partial charge < -0.3 is 0 Å². The van der Waals surface area contributed by atoms with E-state index in [4.69, 9.17) is 11.6 Å². The first-order chi connectivity index (χ1) is 5.29. The summed E-state index contributed by atoms with van der Waals surface area (Å²) in [7, 11) is 0. The Morgan fingerprint density at radius 1 is 1.36 bits per heavy atom. The molecule has 1 aromatic heterocycles. The molecule has 0 aliphatic heterocycles. The summed E-state index contributed by atoms with van der Waals surface area (Å²) in [6, 6.07) is 2.77. The van der Waals surface area contributed by atoms with Crippen molar-refractivity contribution in [1.29, 1.82) is 0 Å². The first-order valence-corrected chi connectivity index (χ1v) is 3.31. The van der Waals surface area contributed by atoms with Gasteiger partial charge in [-0.05, 0) is 12.1 Å². The fourth-order valence-electron chi connectivity index (χ4n) is 0.855. The number of H-pyrrole nitrogens is 1. The van der Waals surface area contributed by atoms with Crippen molar-refractivity contribution in [1.82, 2.24) is 15.4 Å². The molecule has 5 heteroatoms. The summed E-state index contributed by atoms with van der Waals surface area (Å²) in [4.78, 5) is 0. The van der Waals surface area contributed by atoms with E-state index in [9.17, 15) is 4.39 Å². The second-order valence-electron chi connectivity index (χ2n) is 2.05. The molecule has 1 aromatic carbocycles. The maximum Gasteiger partial charge on any atom is 0.144 e. The van der Waals surface area contributed by atoms with E-state index in [0.29, 0.717) is 11.0 Å². The van der Waals surface area contributed by atoms with Gasteiger partial charge in [-0.1, -0.05) is 11.6 Å².